The first kappa shape index (κ1) is 16.8. The summed E-state index contributed by atoms with van der Waals surface area (Å²) in [5, 5.41) is 2.69. The minimum atomic E-state index is -0.398. The monoisotopic (exact) mass is 361 g/mol. The van der Waals surface area contributed by atoms with Gasteiger partial charge in [-0.3, -0.25) is 14.8 Å². The number of carbonyl (C=O) groups is 1. The first-order chi connectivity index (χ1) is 13.0. The highest BCUT2D eigenvalue weighted by atomic mass is 19.1. The number of nitrogens with one attached hydrogen (secondary N) is 1. The Bertz CT molecular complexity index is 1150. The predicted octanol–water partition coefficient (Wildman–Crippen LogP) is 3.79. The average Bonchev–Trinajstić information content (AvgIpc) is 2.95. The zero-order valence-corrected chi connectivity index (χ0v) is 14.8. The minimum Gasteiger partial charge on any atom is -0.342 e. The molecule has 4 aromatic heterocycles. The van der Waals surface area contributed by atoms with Gasteiger partial charge in [-0.2, -0.15) is 0 Å². The van der Waals surface area contributed by atoms with E-state index in [9.17, 15) is 9.18 Å². The summed E-state index contributed by atoms with van der Waals surface area (Å²) in [4.78, 5) is 24.3. The predicted molar refractivity (Wildman–Crippen MR) is 101 cm³/mol. The number of carbonyl (C=O) groups excluding carboxylic acids is 1. The van der Waals surface area contributed by atoms with E-state index < -0.39 is 5.82 Å². The third-order valence-corrected chi connectivity index (χ3v) is 4.28. The molecular weight excluding hydrogens is 345 g/mol. The Labute approximate surface area is 154 Å². The largest absolute Gasteiger partial charge is 0.342 e. The normalized spacial score (nSPS) is 10.9. The van der Waals surface area contributed by atoms with Crippen LogP contribution in [0.25, 0.3) is 33.5 Å². The van der Waals surface area contributed by atoms with Gasteiger partial charge in [-0.05, 0) is 36.4 Å². The van der Waals surface area contributed by atoms with E-state index in [-0.39, 0.29) is 5.91 Å². The van der Waals surface area contributed by atoms with Crippen molar-refractivity contribution in [2.24, 2.45) is 7.05 Å². The van der Waals surface area contributed by atoms with Crippen molar-refractivity contribution in [1.82, 2.24) is 19.5 Å². The lowest BCUT2D eigenvalue weighted by Gasteiger charge is -2.10. The van der Waals surface area contributed by atoms with Crippen LogP contribution in [-0.4, -0.2) is 25.4 Å². The molecule has 0 atom stereocenters. The number of aryl methyl sites for hydroxylation is 1. The van der Waals surface area contributed by atoms with Gasteiger partial charge in [0.15, 0.2) is 0 Å². The Morgan fingerprint density at radius 2 is 1.96 bits per heavy atom. The molecule has 0 saturated carbocycles. The van der Waals surface area contributed by atoms with Crippen LogP contribution in [0.3, 0.4) is 0 Å². The topological polar surface area (TPSA) is 72.7 Å². The summed E-state index contributed by atoms with van der Waals surface area (Å²) >= 11 is 0. The SMILES string of the molecule is CC(=O)Nc1cc(-c2c(-c3ccc(F)cn3)c3ncccc3n2C)ccn1. The van der Waals surface area contributed by atoms with Crippen LogP contribution < -0.4 is 5.32 Å². The zero-order valence-electron chi connectivity index (χ0n) is 14.8. The van der Waals surface area contributed by atoms with Crippen molar-refractivity contribution in [3.05, 3.63) is 60.8 Å². The maximum atomic E-state index is 13.4. The molecule has 7 heteroatoms. The van der Waals surface area contributed by atoms with E-state index in [4.69, 9.17) is 0 Å². The number of rotatable bonds is 3. The number of fused-ring (bicyclic) bond motifs is 1. The summed E-state index contributed by atoms with van der Waals surface area (Å²) in [5.41, 5.74) is 4.81. The second-order valence-corrected chi connectivity index (χ2v) is 6.13. The maximum Gasteiger partial charge on any atom is 0.222 e. The quantitative estimate of drug-likeness (QED) is 0.602. The van der Waals surface area contributed by atoms with Crippen LogP contribution in [0.4, 0.5) is 10.2 Å². The molecule has 0 radical (unpaired) electrons. The minimum absolute atomic E-state index is 0.196. The second-order valence-electron chi connectivity index (χ2n) is 6.13. The third-order valence-electron chi connectivity index (χ3n) is 4.28. The molecule has 1 amide bonds. The van der Waals surface area contributed by atoms with Gasteiger partial charge in [0.05, 0.1) is 34.2 Å². The molecule has 134 valence electrons. The van der Waals surface area contributed by atoms with Crippen LogP contribution in [0.2, 0.25) is 0 Å². The zero-order chi connectivity index (χ0) is 19.0. The summed E-state index contributed by atoms with van der Waals surface area (Å²) in [5.74, 6) is -0.139. The number of anilines is 1. The Hall–Kier alpha value is -3.61. The summed E-state index contributed by atoms with van der Waals surface area (Å²) in [6.45, 7) is 1.43. The summed E-state index contributed by atoms with van der Waals surface area (Å²) in [6.07, 6.45) is 4.54. The van der Waals surface area contributed by atoms with E-state index in [0.29, 0.717) is 11.5 Å². The molecule has 0 aliphatic carbocycles. The standard InChI is InChI=1S/C20H16FN5O/c1-12(27)25-17-10-13(7-9-22-17)20-18(15-6-5-14(21)11-24-15)19-16(26(20)2)4-3-8-23-19/h3-11H,1-2H3,(H,22,25,27). The highest BCUT2D eigenvalue weighted by Gasteiger charge is 2.20. The molecule has 0 aromatic carbocycles. The second kappa shape index (κ2) is 6.60. The van der Waals surface area contributed by atoms with E-state index in [1.807, 2.05) is 29.8 Å². The lowest BCUT2D eigenvalue weighted by molar-refractivity contribution is -0.114. The number of aromatic nitrogens is 4. The van der Waals surface area contributed by atoms with Gasteiger partial charge in [-0.25, -0.2) is 9.37 Å². The average molecular weight is 361 g/mol. The van der Waals surface area contributed by atoms with E-state index in [1.54, 1.807) is 24.5 Å². The molecule has 0 aliphatic heterocycles. The molecular formula is C20H16FN5O. The molecule has 0 aliphatic rings. The van der Waals surface area contributed by atoms with E-state index in [1.165, 1.54) is 19.2 Å². The number of amides is 1. The fraction of sp³-hybridized carbons (Fsp3) is 0.100. The lowest BCUT2D eigenvalue weighted by atomic mass is 10.0. The van der Waals surface area contributed by atoms with Crippen molar-refractivity contribution >= 4 is 22.8 Å². The van der Waals surface area contributed by atoms with Crippen molar-refractivity contribution < 1.29 is 9.18 Å². The van der Waals surface area contributed by atoms with E-state index in [0.717, 1.165) is 27.9 Å². The van der Waals surface area contributed by atoms with Crippen LogP contribution >= 0.6 is 0 Å². The van der Waals surface area contributed by atoms with Gasteiger partial charge in [0, 0.05) is 31.9 Å². The lowest BCUT2D eigenvalue weighted by Crippen LogP contribution is -2.07. The molecule has 1 N–H and O–H groups in total. The van der Waals surface area contributed by atoms with Crippen molar-refractivity contribution in [3.63, 3.8) is 0 Å². The van der Waals surface area contributed by atoms with Crippen LogP contribution in [-0.2, 0) is 11.8 Å². The van der Waals surface area contributed by atoms with Crippen molar-refractivity contribution in [1.29, 1.82) is 0 Å². The first-order valence-electron chi connectivity index (χ1n) is 8.34. The van der Waals surface area contributed by atoms with Crippen LogP contribution in [0.5, 0.6) is 0 Å². The molecule has 4 rings (SSSR count). The number of halogens is 1. The smallest absolute Gasteiger partial charge is 0.222 e. The van der Waals surface area contributed by atoms with Crippen molar-refractivity contribution in [2.75, 3.05) is 5.32 Å². The molecule has 0 bridgehead atoms. The van der Waals surface area contributed by atoms with Crippen LogP contribution in [0.1, 0.15) is 6.92 Å². The Kier molecular flexibility index (Phi) is 4.12. The number of pyridine rings is 3. The Morgan fingerprint density at radius 1 is 1.11 bits per heavy atom. The number of hydrogen-bond donors (Lipinski definition) is 1. The number of nitrogens with zero attached hydrogens (tertiary/aromatic N) is 4. The van der Waals surface area contributed by atoms with Crippen LogP contribution in [0.15, 0.2) is 55.0 Å². The highest BCUT2D eigenvalue weighted by Crippen LogP contribution is 2.38. The van der Waals surface area contributed by atoms with Gasteiger partial charge in [0.1, 0.15) is 11.6 Å². The fourth-order valence-corrected chi connectivity index (χ4v) is 3.19. The van der Waals surface area contributed by atoms with Gasteiger partial charge in [0.2, 0.25) is 5.91 Å². The van der Waals surface area contributed by atoms with Gasteiger partial charge in [-0.15, -0.1) is 0 Å². The van der Waals surface area contributed by atoms with Gasteiger partial charge in [-0.1, -0.05) is 0 Å². The van der Waals surface area contributed by atoms with E-state index in [2.05, 4.69) is 20.3 Å². The van der Waals surface area contributed by atoms with Gasteiger partial charge >= 0.3 is 0 Å². The molecule has 0 spiro atoms. The summed E-state index contributed by atoms with van der Waals surface area (Å²) in [7, 11) is 1.94. The maximum absolute atomic E-state index is 13.4. The Balaban J connectivity index is 2.00. The molecule has 27 heavy (non-hydrogen) atoms. The number of hydrogen-bond acceptors (Lipinski definition) is 4. The first-order valence-corrected chi connectivity index (χ1v) is 8.34. The van der Waals surface area contributed by atoms with Crippen molar-refractivity contribution in [2.45, 2.75) is 6.92 Å². The van der Waals surface area contributed by atoms with E-state index >= 15 is 0 Å². The van der Waals surface area contributed by atoms with Gasteiger partial charge < -0.3 is 9.88 Å². The van der Waals surface area contributed by atoms with Crippen LogP contribution in [0, 0.1) is 5.82 Å². The Morgan fingerprint density at radius 3 is 2.70 bits per heavy atom. The summed E-state index contributed by atoms with van der Waals surface area (Å²) < 4.78 is 15.4. The molecule has 0 fully saturated rings. The summed E-state index contributed by atoms with van der Waals surface area (Å²) in [6, 6.07) is 10.5. The molecule has 6 nitrogen and oxygen atoms in total. The fourth-order valence-electron chi connectivity index (χ4n) is 3.19. The van der Waals surface area contributed by atoms with Crippen molar-refractivity contribution in [3.8, 4) is 22.5 Å². The molecule has 0 unspecified atom stereocenters. The van der Waals surface area contributed by atoms with Gasteiger partial charge in [0.25, 0.3) is 0 Å². The molecule has 4 heterocycles. The molecule has 0 saturated heterocycles. The molecule has 4 aromatic rings. The third kappa shape index (κ3) is 3.03. The highest BCUT2D eigenvalue weighted by molar-refractivity contribution is 6.01.